The van der Waals surface area contributed by atoms with E-state index in [2.05, 4.69) is 5.32 Å². The van der Waals surface area contributed by atoms with Crippen LogP contribution in [-0.4, -0.2) is 50.8 Å². The molecule has 0 aliphatic carbocycles. The van der Waals surface area contributed by atoms with Crippen molar-refractivity contribution >= 4 is 10.0 Å². The number of hydrogen-bond acceptors (Lipinski definition) is 3. The third-order valence-corrected chi connectivity index (χ3v) is 4.97. The van der Waals surface area contributed by atoms with Crippen molar-refractivity contribution in [2.24, 2.45) is 5.92 Å². The van der Waals surface area contributed by atoms with Crippen molar-refractivity contribution < 1.29 is 21.6 Å². The van der Waals surface area contributed by atoms with Crippen molar-refractivity contribution in [1.82, 2.24) is 9.62 Å². The molecule has 0 aromatic carbocycles. The Morgan fingerprint density at radius 1 is 1.28 bits per heavy atom. The van der Waals surface area contributed by atoms with Crippen LogP contribution >= 0.6 is 0 Å². The number of alkyl halides is 3. The van der Waals surface area contributed by atoms with Gasteiger partial charge in [0.1, 0.15) is 0 Å². The lowest BCUT2D eigenvalue weighted by Gasteiger charge is -2.32. The summed E-state index contributed by atoms with van der Waals surface area (Å²) in [5.41, 5.74) is 0. The van der Waals surface area contributed by atoms with E-state index in [9.17, 15) is 21.6 Å². The Hall–Kier alpha value is -0.340. The van der Waals surface area contributed by atoms with Gasteiger partial charge in [0.2, 0.25) is 10.0 Å². The number of piperidine rings is 1. The SMILES string of the molecule is CCNCCS(=O)(=O)N1CCC(C(F)(F)F)CC1. The van der Waals surface area contributed by atoms with E-state index in [-0.39, 0.29) is 31.7 Å². The average molecular weight is 288 g/mol. The summed E-state index contributed by atoms with van der Waals surface area (Å²) in [5, 5.41) is 2.89. The van der Waals surface area contributed by atoms with Gasteiger partial charge in [-0.1, -0.05) is 6.92 Å². The van der Waals surface area contributed by atoms with Crippen LogP contribution in [0.2, 0.25) is 0 Å². The molecule has 1 N–H and O–H groups in total. The quantitative estimate of drug-likeness (QED) is 0.773. The Balaban J connectivity index is 2.47. The van der Waals surface area contributed by atoms with Crippen LogP contribution in [0.25, 0.3) is 0 Å². The highest BCUT2D eigenvalue weighted by Gasteiger charge is 2.42. The third kappa shape index (κ3) is 4.40. The summed E-state index contributed by atoms with van der Waals surface area (Å²) in [6, 6.07) is 0. The number of nitrogens with one attached hydrogen (secondary N) is 1. The molecule has 1 fully saturated rings. The molecule has 1 aliphatic rings. The molecule has 1 rings (SSSR count). The Bertz CT molecular complexity index is 349. The lowest BCUT2D eigenvalue weighted by atomic mass is 9.98. The summed E-state index contributed by atoms with van der Waals surface area (Å²) in [4.78, 5) is 0. The van der Waals surface area contributed by atoms with Crippen LogP contribution in [0.4, 0.5) is 13.2 Å². The highest BCUT2D eigenvalue weighted by molar-refractivity contribution is 7.89. The normalized spacial score (nSPS) is 20.2. The van der Waals surface area contributed by atoms with Gasteiger partial charge in [-0.2, -0.15) is 13.2 Å². The fourth-order valence-electron chi connectivity index (χ4n) is 1.97. The molecule has 0 spiro atoms. The van der Waals surface area contributed by atoms with Gasteiger partial charge in [-0.25, -0.2) is 12.7 Å². The van der Waals surface area contributed by atoms with Crippen LogP contribution in [0, 0.1) is 5.92 Å². The molecule has 108 valence electrons. The number of nitrogens with zero attached hydrogens (tertiary/aromatic N) is 1. The zero-order chi connectivity index (χ0) is 13.8. The first-order chi connectivity index (χ1) is 8.27. The van der Waals surface area contributed by atoms with Crippen LogP contribution in [-0.2, 0) is 10.0 Å². The second-order valence-corrected chi connectivity index (χ2v) is 6.47. The van der Waals surface area contributed by atoms with E-state index in [1.165, 1.54) is 4.31 Å². The summed E-state index contributed by atoms with van der Waals surface area (Å²) < 4.78 is 62.1. The molecule has 0 amide bonds. The predicted octanol–water partition coefficient (Wildman–Crippen LogP) is 1.20. The smallest absolute Gasteiger partial charge is 0.316 e. The number of sulfonamides is 1. The molecule has 1 saturated heterocycles. The zero-order valence-electron chi connectivity index (χ0n) is 10.3. The summed E-state index contributed by atoms with van der Waals surface area (Å²) >= 11 is 0. The summed E-state index contributed by atoms with van der Waals surface area (Å²) in [5.74, 6) is -1.42. The minimum atomic E-state index is -4.21. The van der Waals surface area contributed by atoms with Crippen molar-refractivity contribution in [3.8, 4) is 0 Å². The van der Waals surface area contributed by atoms with E-state index in [4.69, 9.17) is 0 Å². The fraction of sp³-hybridized carbons (Fsp3) is 1.00. The van der Waals surface area contributed by atoms with Crippen LogP contribution in [0.3, 0.4) is 0 Å². The molecular formula is C10H19F3N2O2S. The third-order valence-electron chi connectivity index (χ3n) is 3.10. The van der Waals surface area contributed by atoms with Crippen LogP contribution in [0.15, 0.2) is 0 Å². The predicted molar refractivity (Wildman–Crippen MR) is 62.7 cm³/mol. The van der Waals surface area contributed by atoms with Gasteiger partial charge in [-0.05, 0) is 19.4 Å². The van der Waals surface area contributed by atoms with E-state index >= 15 is 0 Å². The van der Waals surface area contributed by atoms with Crippen molar-refractivity contribution in [3.63, 3.8) is 0 Å². The van der Waals surface area contributed by atoms with E-state index in [1.807, 2.05) is 6.92 Å². The van der Waals surface area contributed by atoms with E-state index in [1.54, 1.807) is 0 Å². The molecule has 0 atom stereocenters. The maximum atomic E-state index is 12.4. The maximum absolute atomic E-state index is 12.4. The average Bonchev–Trinajstić information content (AvgIpc) is 2.28. The first kappa shape index (κ1) is 15.7. The molecule has 1 aliphatic heterocycles. The summed E-state index contributed by atoms with van der Waals surface area (Å²) in [7, 11) is -3.42. The Kier molecular flexibility index (Phi) is 5.42. The first-order valence-corrected chi connectivity index (χ1v) is 7.63. The summed E-state index contributed by atoms with van der Waals surface area (Å²) in [6.07, 6.45) is -4.48. The monoisotopic (exact) mass is 288 g/mol. The van der Waals surface area contributed by atoms with E-state index in [0.29, 0.717) is 13.1 Å². The van der Waals surface area contributed by atoms with Gasteiger partial charge in [-0.15, -0.1) is 0 Å². The topological polar surface area (TPSA) is 49.4 Å². The van der Waals surface area contributed by atoms with Crippen molar-refractivity contribution in [1.29, 1.82) is 0 Å². The van der Waals surface area contributed by atoms with Gasteiger partial charge in [-0.3, -0.25) is 0 Å². The molecule has 0 bridgehead atoms. The highest BCUT2D eigenvalue weighted by atomic mass is 32.2. The Labute approximate surface area is 106 Å². The molecule has 1 heterocycles. The van der Waals surface area contributed by atoms with Gasteiger partial charge >= 0.3 is 6.18 Å². The largest absolute Gasteiger partial charge is 0.391 e. The molecule has 0 unspecified atom stereocenters. The molecular weight excluding hydrogens is 269 g/mol. The van der Waals surface area contributed by atoms with Crippen LogP contribution in [0.1, 0.15) is 19.8 Å². The molecule has 0 aromatic rings. The molecule has 4 nitrogen and oxygen atoms in total. The lowest BCUT2D eigenvalue weighted by Crippen LogP contribution is -2.44. The van der Waals surface area contributed by atoms with E-state index in [0.717, 1.165) is 0 Å². The Morgan fingerprint density at radius 2 is 1.83 bits per heavy atom. The first-order valence-electron chi connectivity index (χ1n) is 6.02. The zero-order valence-corrected chi connectivity index (χ0v) is 11.1. The van der Waals surface area contributed by atoms with Crippen LogP contribution in [0.5, 0.6) is 0 Å². The minimum absolute atomic E-state index is 0.0291. The van der Waals surface area contributed by atoms with Gasteiger partial charge in [0.05, 0.1) is 11.7 Å². The minimum Gasteiger partial charge on any atom is -0.316 e. The van der Waals surface area contributed by atoms with Gasteiger partial charge in [0.15, 0.2) is 0 Å². The van der Waals surface area contributed by atoms with E-state index < -0.39 is 22.1 Å². The molecule has 0 radical (unpaired) electrons. The molecule has 0 aromatic heterocycles. The van der Waals surface area contributed by atoms with Crippen molar-refractivity contribution in [3.05, 3.63) is 0 Å². The fourth-order valence-corrected chi connectivity index (χ4v) is 3.40. The van der Waals surface area contributed by atoms with Crippen molar-refractivity contribution in [2.75, 3.05) is 31.9 Å². The molecule has 0 saturated carbocycles. The van der Waals surface area contributed by atoms with Crippen LogP contribution < -0.4 is 5.32 Å². The van der Waals surface area contributed by atoms with Gasteiger partial charge in [0, 0.05) is 19.6 Å². The number of halogens is 3. The second-order valence-electron chi connectivity index (χ2n) is 4.38. The number of hydrogen-bond donors (Lipinski definition) is 1. The highest BCUT2D eigenvalue weighted by Crippen LogP contribution is 2.34. The molecule has 8 heteroatoms. The van der Waals surface area contributed by atoms with Crippen molar-refractivity contribution in [2.45, 2.75) is 25.9 Å². The Morgan fingerprint density at radius 3 is 2.28 bits per heavy atom. The second kappa shape index (κ2) is 6.21. The van der Waals surface area contributed by atoms with Gasteiger partial charge < -0.3 is 5.32 Å². The maximum Gasteiger partial charge on any atom is 0.391 e. The summed E-state index contributed by atoms with van der Waals surface area (Å²) in [6.45, 7) is 2.81. The standard InChI is InChI=1S/C10H19F3N2O2S/c1-2-14-5-8-18(16,17)15-6-3-9(4-7-15)10(11,12)13/h9,14H,2-8H2,1H3. The lowest BCUT2D eigenvalue weighted by molar-refractivity contribution is -0.182. The number of rotatable bonds is 5. The molecule has 18 heavy (non-hydrogen) atoms. The van der Waals surface area contributed by atoms with Gasteiger partial charge in [0.25, 0.3) is 0 Å².